The Morgan fingerprint density at radius 1 is 0.920 bits per heavy atom. The van der Waals surface area contributed by atoms with Crippen molar-refractivity contribution in [1.82, 2.24) is 15.1 Å². The second kappa shape index (κ2) is 12.0. The molecule has 0 radical (unpaired) electrons. The summed E-state index contributed by atoms with van der Waals surface area (Å²) < 4.78 is 0. The Hall–Kier alpha value is -5.21. The van der Waals surface area contributed by atoms with E-state index in [9.17, 15) is 24.0 Å². The molecule has 1 spiro atoms. The van der Waals surface area contributed by atoms with Gasteiger partial charge in [0.15, 0.2) is 0 Å². The van der Waals surface area contributed by atoms with E-state index in [-0.39, 0.29) is 35.3 Å². The topological polar surface area (TPSA) is 115 Å². The molecule has 3 aromatic carbocycles. The highest BCUT2D eigenvalue weighted by atomic mass is 35.5. The highest BCUT2D eigenvalue weighted by Crippen LogP contribution is 2.46. The highest BCUT2D eigenvalue weighted by Gasteiger charge is 2.46. The summed E-state index contributed by atoms with van der Waals surface area (Å²) in [5.41, 5.74) is 5.46. The minimum atomic E-state index is -1.01. The van der Waals surface area contributed by atoms with Crippen LogP contribution in [0.25, 0.3) is 4.85 Å². The Bertz CT molecular complexity index is 1990. The molecule has 2 atom stereocenters. The van der Waals surface area contributed by atoms with Gasteiger partial charge < -0.3 is 14.7 Å². The molecule has 1 N–H and O–H groups in total. The molecular weight excluding hydrogens is 656 g/mol. The summed E-state index contributed by atoms with van der Waals surface area (Å²) in [5.74, 6) is -2.29. The van der Waals surface area contributed by atoms with Gasteiger partial charge in [-0.15, -0.1) is 0 Å². The van der Waals surface area contributed by atoms with E-state index in [1.807, 2.05) is 36.4 Å². The first-order valence-corrected chi connectivity index (χ1v) is 17.4. The van der Waals surface area contributed by atoms with Gasteiger partial charge in [0.25, 0.3) is 17.7 Å². The number of amides is 5. The molecule has 0 aliphatic carbocycles. The lowest BCUT2D eigenvalue weighted by atomic mass is 9.76. The molecule has 3 saturated heterocycles. The first kappa shape index (κ1) is 32.0. The predicted octanol–water partition coefficient (Wildman–Crippen LogP) is 5.33. The van der Waals surface area contributed by atoms with Crippen molar-refractivity contribution in [2.75, 3.05) is 29.4 Å². The minimum absolute atomic E-state index is 0.0638. The predicted molar refractivity (Wildman–Crippen MR) is 186 cm³/mol. The summed E-state index contributed by atoms with van der Waals surface area (Å²) in [6.45, 7) is 13.0. The summed E-state index contributed by atoms with van der Waals surface area (Å²) in [5, 5.41) is 2.71. The van der Waals surface area contributed by atoms with Crippen LogP contribution in [0.15, 0.2) is 54.6 Å². The van der Waals surface area contributed by atoms with Crippen LogP contribution >= 0.6 is 11.6 Å². The Labute approximate surface area is 294 Å². The van der Waals surface area contributed by atoms with E-state index in [2.05, 4.69) is 26.9 Å². The maximum absolute atomic E-state index is 13.6. The molecule has 12 heteroatoms. The molecule has 5 heterocycles. The number of carbonyl (C=O) groups excluding carboxylic acids is 5. The third-order valence-electron chi connectivity index (χ3n) is 11.2. The number of piperidine rings is 2. The van der Waals surface area contributed by atoms with Crippen molar-refractivity contribution in [1.29, 1.82) is 0 Å². The van der Waals surface area contributed by atoms with Gasteiger partial charge in [-0.1, -0.05) is 17.7 Å². The number of nitrogens with one attached hydrogen (secondary N) is 1. The van der Waals surface area contributed by atoms with Crippen molar-refractivity contribution < 1.29 is 24.0 Å². The Morgan fingerprint density at radius 3 is 2.16 bits per heavy atom. The summed E-state index contributed by atoms with van der Waals surface area (Å²) >= 11 is 6.36. The van der Waals surface area contributed by atoms with Crippen molar-refractivity contribution >= 4 is 58.2 Å². The van der Waals surface area contributed by atoms with Gasteiger partial charge in [0.1, 0.15) is 6.04 Å². The summed E-state index contributed by atoms with van der Waals surface area (Å²) in [7, 11) is 0. The maximum Gasteiger partial charge on any atom is 0.262 e. The van der Waals surface area contributed by atoms with Crippen LogP contribution in [0.1, 0.15) is 81.2 Å². The molecule has 5 amide bonds. The number of hydrogen-bond acceptors (Lipinski definition) is 7. The largest absolute Gasteiger partial charge is 0.371 e. The third-order valence-corrected chi connectivity index (χ3v) is 11.5. The second-order valence-corrected chi connectivity index (χ2v) is 14.6. The monoisotopic (exact) mass is 690 g/mol. The SMILES string of the molecule is [C-]#[N+]c1ccc(N2CC3(CCN(c4ccc(C(=O)N5Cc6cc7c(cc6C5)C(=O)N(C5CCC(=O)NC5=O)C7=O)cc4)CC3)C[C@@H]2C)cc1Cl. The number of anilines is 2. The van der Waals surface area contributed by atoms with E-state index < -0.39 is 29.7 Å². The van der Waals surface area contributed by atoms with Gasteiger partial charge >= 0.3 is 0 Å². The molecule has 254 valence electrons. The number of fused-ring (bicyclic) bond motifs is 2. The van der Waals surface area contributed by atoms with Crippen LogP contribution in [-0.4, -0.2) is 71.1 Å². The molecular formula is C38H35ClN6O5. The van der Waals surface area contributed by atoms with Gasteiger partial charge in [0, 0.05) is 67.1 Å². The standard InChI is InChI=1S/C38H35ClN6O5/c1-22-18-38(21-44(22)27-7-8-31(40-2)30(39)17-27)11-13-42(14-12-38)26-5-3-23(4-6-26)35(48)43-19-24-15-28-29(16-25(24)20-43)37(50)45(36(28)49)32-9-10-33(46)41-34(32)47/h3-8,15-17,22,32H,9-14,18-21H2,1H3,(H,41,46,47)/t22-,32?/m0/s1. The molecule has 3 aromatic rings. The van der Waals surface area contributed by atoms with E-state index in [1.165, 1.54) is 0 Å². The van der Waals surface area contributed by atoms with Gasteiger partial charge in [-0.25, -0.2) is 4.85 Å². The van der Waals surface area contributed by atoms with Crippen molar-refractivity contribution in [3.05, 3.63) is 98.9 Å². The van der Waals surface area contributed by atoms with E-state index >= 15 is 0 Å². The molecule has 5 aliphatic rings. The van der Waals surface area contributed by atoms with Crippen LogP contribution in [0.4, 0.5) is 17.1 Å². The van der Waals surface area contributed by atoms with Crippen LogP contribution in [0.2, 0.25) is 5.02 Å². The fourth-order valence-electron chi connectivity index (χ4n) is 8.54. The van der Waals surface area contributed by atoms with Crippen LogP contribution in [0.3, 0.4) is 0 Å². The summed E-state index contributed by atoms with van der Waals surface area (Å²) in [4.78, 5) is 75.1. The second-order valence-electron chi connectivity index (χ2n) is 14.2. The van der Waals surface area contributed by atoms with Crippen LogP contribution < -0.4 is 15.1 Å². The van der Waals surface area contributed by atoms with Gasteiger partial charge in [-0.05, 0) is 97.7 Å². The number of halogens is 1. The van der Waals surface area contributed by atoms with Crippen molar-refractivity contribution in [2.24, 2.45) is 5.41 Å². The maximum atomic E-state index is 13.6. The molecule has 0 bridgehead atoms. The fourth-order valence-corrected chi connectivity index (χ4v) is 8.76. The van der Waals surface area contributed by atoms with E-state index in [0.717, 1.165) is 66.3 Å². The smallest absolute Gasteiger partial charge is 0.262 e. The normalized spacial score (nSPS) is 22.6. The van der Waals surface area contributed by atoms with Crippen LogP contribution in [0.5, 0.6) is 0 Å². The zero-order valence-corrected chi connectivity index (χ0v) is 28.3. The van der Waals surface area contributed by atoms with Gasteiger partial charge in [0.2, 0.25) is 17.5 Å². The molecule has 0 aromatic heterocycles. The quantitative estimate of drug-likeness (QED) is 0.291. The number of hydrogen-bond donors (Lipinski definition) is 1. The molecule has 3 fully saturated rings. The Morgan fingerprint density at radius 2 is 1.56 bits per heavy atom. The zero-order valence-electron chi connectivity index (χ0n) is 27.6. The number of carbonyl (C=O) groups is 5. The molecule has 0 saturated carbocycles. The van der Waals surface area contributed by atoms with Crippen LogP contribution in [-0.2, 0) is 22.7 Å². The Kier molecular flexibility index (Phi) is 7.68. The Balaban J connectivity index is 0.892. The van der Waals surface area contributed by atoms with E-state index in [1.54, 1.807) is 23.1 Å². The molecule has 5 aliphatic heterocycles. The van der Waals surface area contributed by atoms with Crippen molar-refractivity contribution in [3.8, 4) is 0 Å². The van der Waals surface area contributed by atoms with Gasteiger partial charge in [-0.2, -0.15) is 0 Å². The zero-order chi connectivity index (χ0) is 34.9. The summed E-state index contributed by atoms with van der Waals surface area (Å²) in [6.07, 6.45) is 3.40. The lowest BCUT2D eigenvalue weighted by Gasteiger charge is -2.40. The number of imide groups is 2. The van der Waals surface area contributed by atoms with Gasteiger partial charge in [-0.3, -0.25) is 34.2 Å². The number of nitrogens with zero attached hydrogens (tertiary/aromatic N) is 5. The van der Waals surface area contributed by atoms with Crippen molar-refractivity contribution in [2.45, 2.75) is 64.2 Å². The average Bonchev–Trinajstić information content (AvgIpc) is 3.75. The number of benzene rings is 3. The minimum Gasteiger partial charge on any atom is -0.371 e. The van der Waals surface area contributed by atoms with E-state index in [4.69, 9.17) is 18.2 Å². The molecule has 11 nitrogen and oxygen atoms in total. The number of rotatable bonds is 4. The van der Waals surface area contributed by atoms with Crippen molar-refractivity contribution in [3.63, 3.8) is 0 Å². The molecule has 8 rings (SSSR count). The highest BCUT2D eigenvalue weighted by molar-refractivity contribution is 6.33. The van der Waals surface area contributed by atoms with E-state index in [0.29, 0.717) is 35.4 Å². The lowest BCUT2D eigenvalue weighted by Crippen LogP contribution is -2.54. The molecule has 50 heavy (non-hydrogen) atoms. The fraction of sp³-hybridized carbons (Fsp3) is 0.368. The first-order valence-electron chi connectivity index (χ1n) is 17.0. The van der Waals surface area contributed by atoms with Gasteiger partial charge in [0.05, 0.1) is 17.7 Å². The molecule has 1 unspecified atom stereocenters. The first-order chi connectivity index (χ1) is 24.0. The van der Waals surface area contributed by atoms with Crippen LogP contribution in [0, 0.1) is 12.0 Å². The summed E-state index contributed by atoms with van der Waals surface area (Å²) in [6, 6.07) is 16.2. The third kappa shape index (κ3) is 5.30. The average molecular weight is 691 g/mol. The lowest BCUT2D eigenvalue weighted by molar-refractivity contribution is -0.136.